The van der Waals surface area contributed by atoms with Crippen molar-refractivity contribution in [3.8, 4) is 0 Å². The van der Waals surface area contributed by atoms with Crippen LogP contribution in [-0.4, -0.2) is 24.8 Å². The summed E-state index contributed by atoms with van der Waals surface area (Å²) in [7, 11) is 0. The molecule has 0 amide bonds. The Morgan fingerprint density at radius 1 is 1.22 bits per heavy atom. The van der Waals surface area contributed by atoms with E-state index in [0.717, 1.165) is 30.4 Å². The summed E-state index contributed by atoms with van der Waals surface area (Å²) in [5, 5.41) is 0. The van der Waals surface area contributed by atoms with Crippen LogP contribution in [0.1, 0.15) is 26.2 Å². The van der Waals surface area contributed by atoms with Crippen LogP contribution in [-0.2, 0) is 14.3 Å². The number of ketones is 1. The van der Waals surface area contributed by atoms with E-state index in [4.69, 9.17) is 9.47 Å². The predicted octanol–water partition coefficient (Wildman–Crippen LogP) is 2.30. The maximum absolute atomic E-state index is 12.8. The molecule has 0 unspecified atom stereocenters. The highest BCUT2D eigenvalue weighted by molar-refractivity contribution is 6.09. The lowest BCUT2D eigenvalue weighted by molar-refractivity contribution is -0.235. The van der Waals surface area contributed by atoms with Gasteiger partial charge in [-0.2, -0.15) is 0 Å². The molecule has 1 saturated carbocycles. The number of hydrogen-bond acceptors (Lipinski definition) is 3. The highest BCUT2D eigenvalue weighted by Crippen LogP contribution is 2.62. The molecule has 0 aromatic heterocycles. The Bertz CT molecular complexity index is 526. The first kappa shape index (κ1) is 10.7. The smallest absolute Gasteiger partial charge is 0.243 e. The number of fused-ring (bicyclic) bond motifs is 2. The van der Waals surface area contributed by atoms with Gasteiger partial charge in [0.15, 0.2) is 0 Å². The molecule has 0 atom stereocenters. The molecule has 3 heteroatoms. The minimum absolute atomic E-state index is 0.0327. The topological polar surface area (TPSA) is 35.5 Å². The Morgan fingerprint density at radius 3 is 2.56 bits per heavy atom. The third kappa shape index (κ3) is 0.940. The number of carbonyl (C=O) groups excluding carboxylic acids is 1. The van der Waals surface area contributed by atoms with Gasteiger partial charge in [-0.3, -0.25) is 4.79 Å². The second kappa shape index (κ2) is 3.22. The summed E-state index contributed by atoms with van der Waals surface area (Å²) < 4.78 is 11.7. The molecule has 0 aromatic carbocycles. The number of rotatable bonds is 0. The van der Waals surface area contributed by atoms with E-state index in [-0.39, 0.29) is 11.2 Å². The third-order valence-electron chi connectivity index (χ3n) is 5.01. The monoisotopic (exact) mass is 244 g/mol. The summed E-state index contributed by atoms with van der Waals surface area (Å²) in [4.78, 5) is 12.8. The quantitative estimate of drug-likeness (QED) is 0.656. The van der Waals surface area contributed by atoms with E-state index in [1.165, 1.54) is 5.57 Å². The fraction of sp³-hybridized carbons (Fsp3) is 0.533. The van der Waals surface area contributed by atoms with Crippen LogP contribution in [0, 0.1) is 5.41 Å². The zero-order valence-electron chi connectivity index (χ0n) is 10.5. The van der Waals surface area contributed by atoms with Gasteiger partial charge in [-0.05, 0) is 25.3 Å². The summed E-state index contributed by atoms with van der Waals surface area (Å²) in [5.74, 6) is -0.984. The Kier molecular flexibility index (Phi) is 1.92. The molecule has 0 aromatic rings. The van der Waals surface area contributed by atoms with E-state index in [2.05, 4.69) is 6.92 Å². The molecular weight excluding hydrogens is 228 g/mol. The van der Waals surface area contributed by atoms with E-state index in [1.807, 2.05) is 18.2 Å². The molecule has 0 bridgehead atoms. The first-order valence-corrected chi connectivity index (χ1v) is 6.64. The number of carbonyl (C=O) groups is 1. The zero-order chi connectivity index (χ0) is 12.4. The van der Waals surface area contributed by atoms with Crippen molar-refractivity contribution < 1.29 is 14.3 Å². The number of hydrogen-bond donors (Lipinski definition) is 0. The van der Waals surface area contributed by atoms with Gasteiger partial charge in [-0.25, -0.2) is 0 Å². The molecule has 18 heavy (non-hydrogen) atoms. The second-order valence-electron chi connectivity index (χ2n) is 5.56. The van der Waals surface area contributed by atoms with E-state index in [9.17, 15) is 4.79 Å². The Morgan fingerprint density at radius 2 is 1.94 bits per heavy atom. The predicted molar refractivity (Wildman–Crippen MR) is 65.8 cm³/mol. The molecule has 4 aliphatic rings. The first-order valence-electron chi connectivity index (χ1n) is 6.64. The summed E-state index contributed by atoms with van der Waals surface area (Å²) in [6.07, 6.45) is 9.02. The van der Waals surface area contributed by atoms with Crippen molar-refractivity contribution in [2.75, 3.05) is 13.2 Å². The average Bonchev–Trinajstić information content (AvgIpc) is 2.94. The van der Waals surface area contributed by atoms with Gasteiger partial charge >= 0.3 is 0 Å². The first-order chi connectivity index (χ1) is 8.71. The number of Topliss-reactive ketones (excluding diaryl/α,β-unsaturated/α-hetero) is 1. The van der Waals surface area contributed by atoms with Crippen molar-refractivity contribution in [3.63, 3.8) is 0 Å². The van der Waals surface area contributed by atoms with Crippen molar-refractivity contribution >= 4 is 5.78 Å². The van der Waals surface area contributed by atoms with E-state index >= 15 is 0 Å². The standard InChI is InChI=1S/C15H16O3/c1-10-11-4-2-5-12(11)13(16)15(17-8-9-18-15)14(10)6-3-7-14/h2,4-5H,3,6-9H2,1H3. The van der Waals surface area contributed by atoms with E-state index in [1.54, 1.807) is 0 Å². The fourth-order valence-corrected chi connectivity index (χ4v) is 3.90. The van der Waals surface area contributed by atoms with Crippen molar-refractivity contribution in [2.24, 2.45) is 5.41 Å². The van der Waals surface area contributed by atoms with Crippen LogP contribution in [0.5, 0.6) is 0 Å². The average molecular weight is 244 g/mol. The van der Waals surface area contributed by atoms with Crippen LogP contribution < -0.4 is 0 Å². The minimum Gasteiger partial charge on any atom is -0.340 e. The molecule has 1 saturated heterocycles. The van der Waals surface area contributed by atoms with Gasteiger partial charge < -0.3 is 9.47 Å². The van der Waals surface area contributed by atoms with Crippen LogP contribution in [0.15, 0.2) is 34.9 Å². The molecule has 1 aliphatic heterocycles. The van der Waals surface area contributed by atoms with Gasteiger partial charge in [0.05, 0.1) is 18.6 Å². The van der Waals surface area contributed by atoms with Gasteiger partial charge in [0.2, 0.25) is 11.6 Å². The molecule has 1 heterocycles. The summed E-state index contributed by atoms with van der Waals surface area (Å²) in [5.41, 5.74) is 2.94. The lowest BCUT2D eigenvalue weighted by Crippen LogP contribution is -2.61. The molecule has 4 rings (SSSR count). The third-order valence-corrected chi connectivity index (χ3v) is 5.01. The Balaban J connectivity index is 1.98. The molecule has 0 N–H and O–H groups in total. The zero-order valence-corrected chi connectivity index (χ0v) is 10.5. The molecule has 2 fully saturated rings. The van der Waals surface area contributed by atoms with Gasteiger partial charge in [0.25, 0.3) is 0 Å². The SMILES string of the molecule is CC1=C2C=CC=C2C(=O)C2(OCCO2)C12CCC2. The van der Waals surface area contributed by atoms with E-state index in [0.29, 0.717) is 13.2 Å². The van der Waals surface area contributed by atoms with E-state index < -0.39 is 5.79 Å². The lowest BCUT2D eigenvalue weighted by atomic mass is 9.54. The normalized spacial score (nSPS) is 30.9. The van der Waals surface area contributed by atoms with Gasteiger partial charge in [-0.15, -0.1) is 0 Å². The molecule has 2 spiro atoms. The summed E-state index contributed by atoms with van der Waals surface area (Å²) in [6.45, 7) is 3.19. The fourth-order valence-electron chi connectivity index (χ4n) is 3.90. The van der Waals surface area contributed by atoms with Crippen molar-refractivity contribution in [2.45, 2.75) is 32.0 Å². The lowest BCUT2D eigenvalue weighted by Gasteiger charge is -2.55. The van der Waals surface area contributed by atoms with Crippen molar-refractivity contribution in [3.05, 3.63) is 34.9 Å². The van der Waals surface area contributed by atoms with Crippen LogP contribution in [0.3, 0.4) is 0 Å². The van der Waals surface area contributed by atoms with Gasteiger partial charge in [0.1, 0.15) is 0 Å². The van der Waals surface area contributed by atoms with Crippen LogP contribution in [0.25, 0.3) is 0 Å². The summed E-state index contributed by atoms with van der Waals surface area (Å²) in [6, 6.07) is 0. The molecule has 3 aliphatic carbocycles. The molecule has 94 valence electrons. The highest BCUT2D eigenvalue weighted by atomic mass is 16.7. The molecule has 0 radical (unpaired) electrons. The minimum atomic E-state index is -1.02. The van der Waals surface area contributed by atoms with Crippen LogP contribution in [0.2, 0.25) is 0 Å². The maximum Gasteiger partial charge on any atom is 0.243 e. The van der Waals surface area contributed by atoms with Crippen molar-refractivity contribution in [1.29, 1.82) is 0 Å². The molecule has 3 nitrogen and oxygen atoms in total. The Labute approximate surface area is 106 Å². The van der Waals surface area contributed by atoms with Gasteiger partial charge in [0, 0.05) is 5.57 Å². The van der Waals surface area contributed by atoms with Crippen LogP contribution >= 0.6 is 0 Å². The van der Waals surface area contributed by atoms with Gasteiger partial charge in [-0.1, -0.05) is 30.2 Å². The highest BCUT2D eigenvalue weighted by Gasteiger charge is 2.67. The number of ether oxygens (including phenoxy) is 2. The maximum atomic E-state index is 12.8. The molecular formula is C15H16O3. The second-order valence-corrected chi connectivity index (χ2v) is 5.56. The van der Waals surface area contributed by atoms with Crippen LogP contribution in [0.4, 0.5) is 0 Å². The summed E-state index contributed by atoms with van der Waals surface area (Å²) >= 11 is 0. The van der Waals surface area contributed by atoms with Crippen molar-refractivity contribution in [1.82, 2.24) is 0 Å². The largest absolute Gasteiger partial charge is 0.340 e. The Hall–Kier alpha value is -1.19. The number of allylic oxidation sites excluding steroid dienone is 4.